The van der Waals surface area contributed by atoms with Crippen molar-refractivity contribution in [3.8, 4) is 11.6 Å². The van der Waals surface area contributed by atoms with Crippen molar-refractivity contribution in [3.05, 3.63) is 146 Å². The molecule has 7 heteroatoms. The van der Waals surface area contributed by atoms with Gasteiger partial charge in [-0.2, -0.15) is 0 Å². The lowest BCUT2D eigenvalue weighted by atomic mass is 10.3. The minimum atomic E-state index is -1.17. The second-order valence-corrected chi connectivity index (χ2v) is 12.1. The van der Waals surface area contributed by atoms with E-state index in [4.69, 9.17) is 9.26 Å². The molecule has 0 fully saturated rings. The maximum atomic E-state index is 10.1. The Morgan fingerprint density at radius 1 is 0.575 bits per heavy atom. The van der Waals surface area contributed by atoms with E-state index in [0.717, 1.165) is 38.0 Å². The molecule has 198 valence electrons. The van der Waals surface area contributed by atoms with Crippen LogP contribution >= 0.6 is 16.3 Å². The lowest BCUT2D eigenvalue weighted by molar-refractivity contribution is 0.415. The molecule has 40 heavy (non-hydrogen) atoms. The van der Waals surface area contributed by atoms with Gasteiger partial charge < -0.3 is 14.2 Å². The number of methoxy groups -OCH3 is 1. The van der Waals surface area contributed by atoms with Crippen LogP contribution in [0.2, 0.25) is 0 Å². The molecule has 0 aliphatic carbocycles. The van der Waals surface area contributed by atoms with Gasteiger partial charge in [0.2, 0.25) is 5.88 Å². The van der Waals surface area contributed by atoms with Gasteiger partial charge in [-0.25, -0.2) is 9.97 Å². The van der Waals surface area contributed by atoms with Gasteiger partial charge in [0.1, 0.15) is 5.75 Å². The highest BCUT2D eigenvalue weighted by Gasteiger charge is 2.18. The molecule has 0 saturated carbocycles. The first-order valence-electron chi connectivity index (χ1n) is 12.7. The fraction of sp³-hybridized carbons (Fsp3) is 0.0303. The summed E-state index contributed by atoms with van der Waals surface area (Å²) in [7, 11) is -0.552. The maximum Gasteiger partial charge on any atom is 0.236 e. The largest absolute Gasteiger partial charge is 0.497 e. The minimum Gasteiger partial charge on any atom is -0.497 e. The molecule has 0 amide bonds. The van der Waals surface area contributed by atoms with Crippen molar-refractivity contribution in [1.82, 2.24) is 9.97 Å². The van der Waals surface area contributed by atoms with Crippen molar-refractivity contribution in [2.75, 3.05) is 7.11 Å². The molecule has 0 saturated heterocycles. The summed E-state index contributed by atoms with van der Waals surface area (Å²) in [6.45, 7) is 0. The number of ether oxygens (including phenoxy) is 1. The normalized spacial score (nSPS) is 10.7. The molecule has 6 rings (SSSR count). The van der Waals surface area contributed by atoms with Gasteiger partial charge in [-0.05, 0) is 12.1 Å². The molecule has 0 bridgehead atoms. The second-order valence-electron chi connectivity index (χ2n) is 8.60. The SMILES string of the molecule is COc1ccc2nc(OP(c3ccccc3)c3ccccc3)cnc2c1.OP(c1ccccc1)c1ccccc1. The highest BCUT2D eigenvalue weighted by atomic mass is 31.1. The summed E-state index contributed by atoms with van der Waals surface area (Å²) in [6.07, 6.45) is 1.67. The summed E-state index contributed by atoms with van der Waals surface area (Å²) in [5, 5.41) is 4.25. The van der Waals surface area contributed by atoms with Gasteiger partial charge in [-0.1, -0.05) is 121 Å². The third kappa shape index (κ3) is 7.08. The Bertz CT molecular complexity index is 1540. The van der Waals surface area contributed by atoms with Gasteiger partial charge in [-0.3, -0.25) is 0 Å². The number of hydrogen-bond donors (Lipinski definition) is 1. The lowest BCUT2D eigenvalue weighted by Crippen LogP contribution is -2.15. The van der Waals surface area contributed by atoms with Crippen LogP contribution in [0.25, 0.3) is 11.0 Å². The Kier molecular flexibility index (Phi) is 9.45. The number of nitrogens with zero attached hydrogens (tertiary/aromatic N) is 2. The van der Waals surface area contributed by atoms with E-state index in [1.54, 1.807) is 13.3 Å². The summed E-state index contributed by atoms with van der Waals surface area (Å²) < 4.78 is 11.5. The first-order valence-corrected chi connectivity index (χ1v) is 15.2. The van der Waals surface area contributed by atoms with Crippen LogP contribution in [0, 0.1) is 0 Å². The third-order valence-electron chi connectivity index (χ3n) is 5.90. The Morgan fingerprint density at radius 3 is 1.52 bits per heavy atom. The summed E-state index contributed by atoms with van der Waals surface area (Å²) in [6, 6.07) is 45.6. The smallest absolute Gasteiger partial charge is 0.236 e. The Hall–Kier alpha value is -4.14. The fourth-order valence-corrected chi connectivity index (χ4v) is 6.78. The molecule has 0 atom stereocenters. The van der Waals surface area contributed by atoms with Gasteiger partial charge >= 0.3 is 0 Å². The molecular formula is C33H28N2O3P2. The predicted octanol–water partition coefficient (Wildman–Crippen LogP) is 6.09. The van der Waals surface area contributed by atoms with Crippen LogP contribution in [0.1, 0.15) is 0 Å². The quantitative estimate of drug-likeness (QED) is 0.239. The topological polar surface area (TPSA) is 64.5 Å². The molecule has 1 heterocycles. The number of aromatic nitrogens is 2. The van der Waals surface area contributed by atoms with E-state index in [1.807, 2.05) is 115 Å². The van der Waals surface area contributed by atoms with Gasteiger partial charge in [0.15, 0.2) is 8.15 Å². The molecule has 0 spiro atoms. The van der Waals surface area contributed by atoms with Crippen molar-refractivity contribution < 1.29 is 14.2 Å². The van der Waals surface area contributed by atoms with E-state index in [2.05, 4.69) is 34.2 Å². The van der Waals surface area contributed by atoms with E-state index in [0.29, 0.717) is 5.88 Å². The average Bonchev–Trinajstić information content (AvgIpc) is 3.05. The first-order chi connectivity index (χ1) is 19.7. The molecule has 6 aromatic rings. The van der Waals surface area contributed by atoms with E-state index in [9.17, 15) is 4.89 Å². The summed E-state index contributed by atoms with van der Waals surface area (Å²) in [5.41, 5.74) is 1.56. The highest BCUT2D eigenvalue weighted by molar-refractivity contribution is 7.69. The molecule has 0 aliphatic rings. The molecule has 0 unspecified atom stereocenters. The van der Waals surface area contributed by atoms with E-state index >= 15 is 0 Å². The second kappa shape index (κ2) is 13.8. The number of hydrogen-bond acceptors (Lipinski definition) is 5. The first kappa shape index (κ1) is 27.4. The molecule has 5 aromatic carbocycles. The number of benzene rings is 5. The third-order valence-corrected chi connectivity index (χ3v) is 9.37. The number of rotatable bonds is 7. The van der Waals surface area contributed by atoms with E-state index in [-0.39, 0.29) is 0 Å². The van der Waals surface area contributed by atoms with Gasteiger partial charge in [0.05, 0.1) is 32.5 Å². The standard InChI is InChI=1S/C21H17N2O2P.C12H11OP/c1-24-16-12-13-19-20(14-16)22-15-21(23-19)25-26(17-8-4-2-5-9-17)18-10-6-3-7-11-18;13-14(11-7-3-1-4-8-11)12-9-5-2-6-10-12/h2-15H,1H3;1-10,13H. The van der Waals surface area contributed by atoms with Crippen molar-refractivity contribution in [2.45, 2.75) is 0 Å². The molecule has 1 N–H and O–H groups in total. The van der Waals surface area contributed by atoms with Crippen molar-refractivity contribution in [1.29, 1.82) is 0 Å². The molecule has 5 nitrogen and oxygen atoms in total. The summed E-state index contributed by atoms with van der Waals surface area (Å²) in [5.74, 6) is 1.28. The molecular weight excluding hydrogens is 534 g/mol. The van der Waals surface area contributed by atoms with Crippen molar-refractivity contribution >= 4 is 48.5 Å². The van der Waals surface area contributed by atoms with E-state index < -0.39 is 16.3 Å². The van der Waals surface area contributed by atoms with Gasteiger partial charge in [-0.15, -0.1) is 0 Å². The van der Waals surface area contributed by atoms with E-state index in [1.165, 1.54) is 0 Å². The maximum absolute atomic E-state index is 10.1. The lowest BCUT2D eigenvalue weighted by Gasteiger charge is -2.18. The van der Waals surface area contributed by atoms with Crippen LogP contribution in [-0.4, -0.2) is 22.0 Å². The Balaban J connectivity index is 0.000000194. The zero-order valence-corrected chi connectivity index (χ0v) is 23.7. The van der Waals surface area contributed by atoms with Gasteiger partial charge in [0.25, 0.3) is 0 Å². The van der Waals surface area contributed by atoms with Crippen LogP contribution < -0.4 is 30.5 Å². The summed E-state index contributed by atoms with van der Waals surface area (Å²) >= 11 is 0. The highest BCUT2D eigenvalue weighted by Crippen LogP contribution is 2.36. The van der Waals surface area contributed by atoms with Crippen LogP contribution in [0.4, 0.5) is 0 Å². The molecule has 0 aliphatic heterocycles. The average molecular weight is 563 g/mol. The van der Waals surface area contributed by atoms with Crippen LogP contribution in [-0.2, 0) is 0 Å². The Morgan fingerprint density at radius 2 is 1.05 bits per heavy atom. The van der Waals surface area contributed by atoms with Crippen molar-refractivity contribution in [2.24, 2.45) is 0 Å². The predicted molar refractivity (Wildman–Crippen MR) is 167 cm³/mol. The number of fused-ring (bicyclic) bond motifs is 1. The minimum absolute atomic E-state index is 0.515. The van der Waals surface area contributed by atoms with Crippen LogP contribution in [0.5, 0.6) is 11.6 Å². The molecule has 1 aromatic heterocycles. The van der Waals surface area contributed by atoms with Crippen LogP contribution in [0.15, 0.2) is 146 Å². The monoisotopic (exact) mass is 562 g/mol. The fourth-order valence-electron chi connectivity index (χ4n) is 3.91. The zero-order chi connectivity index (χ0) is 27.6. The Labute approximate surface area is 236 Å². The molecule has 0 radical (unpaired) electrons. The zero-order valence-electron chi connectivity index (χ0n) is 21.9. The summed E-state index contributed by atoms with van der Waals surface area (Å²) in [4.78, 5) is 19.1. The van der Waals surface area contributed by atoms with Gasteiger partial charge in [0, 0.05) is 27.3 Å². The van der Waals surface area contributed by atoms with Crippen LogP contribution in [0.3, 0.4) is 0 Å². The van der Waals surface area contributed by atoms with Crippen molar-refractivity contribution in [3.63, 3.8) is 0 Å².